The molecule has 0 spiro atoms. The van der Waals surface area contributed by atoms with Crippen LogP contribution in [0.1, 0.15) is 30.3 Å². The second-order valence-electron chi connectivity index (χ2n) is 5.79. The summed E-state index contributed by atoms with van der Waals surface area (Å²) in [4.78, 5) is 16.4. The van der Waals surface area contributed by atoms with E-state index >= 15 is 0 Å². The first-order chi connectivity index (χ1) is 10.6. The zero-order valence-electron chi connectivity index (χ0n) is 13.0. The number of anilines is 1. The highest BCUT2D eigenvalue weighted by Crippen LogP contribution is 2.32. The summed E-state index contributed by atoms with van der Waals surface area (Å²) in [5.41, 5.74) is 1.80. The number of carbonyl (C=O) groups is 1. The third-order valence-corrected chi connectivity index (χ3v) is 4.19. The predicted octanol–water partition coefficient (Wildman–Crippen LogP) is 2.78. The molecule has 0 aliphatic carbocycles. The number of para-hydroxylation sites is 1. The summed E-state index contributed by atoms with van der Waals surface area (Å²) in [6.07, 6.45) is 2.09. The first kappa shape index (κ1) is 14.8. The maximum atomic E-state index is 12.5. The lowest BCUT2D eigenvalue weighted by atomic mass is 10.1. The number of carbonyl (C=O) groups excluding carboxylic acids is 1. The predicted molar refractivity (Wildman–Crippen MR) is 84.6 cm³/mol. The van der Waals surface area contributed by atoms with Gasteiger partial charge in [0.05, 0.1) is 18.3 Å². The Morgan fingerprint density at radius 1 is 1.41 bits per heavy atom. The van der Waals surface area contributed by atoms with Crippen molar-refractivity contribution >= 4 is 11.6 Å². The maximum absolute atomic E-state index is 12.5. The molecule has 0 radical (unpaired) electrons. The highest BCUT2D eigenvalue weighted by molar-refractivity contribution is 5.94. The molecule has 0 unspecified atom stereocenters. The molecule has 1 amide bonds. The van der Waals surface area contributed by atoms with E-state index in [0.29, 0.717) is 6.54 Å². The summed E-state index contributed by atoms with van der Waals surface area (Å²) in [7, 11) is 1.82. The van der Waals surface area contributed by atoms with E-state index in [1.165, 1.54) is 0 Å². The molecule has 22 heavy (non-hydrogen) atoms. The molecule has 5 heteroatoms. The summed E-state index contributed by atoms with van der Waals surface area (Å²) in [5.74, 6) is 0.958. The van der Waals surface area contributed by atoms with Gasteiger partial charge in [-0.3, -0.25) is 9.69 Å². The molecule has 5 nitrogen and oxygen atoms in total. The lowest BCUT2D eigenvalue weighted by Crippen LogP contribution is -2.38. The largest absolute Gasteiger partial charge is 0.359 e. The zero-order chi connectivity index (χ0) is 15.5. The molecule has 3 rings (SSSR count). The van der Waals surface area contributed by atoms with Crippen molar-refractivity contribution in [3.8, 4) is 0 Å². The topological polar surface area (TPSA) is 49.6 Å². The quantitative estimate of drug-likeness (QED) is 0.871. The van der Waals surface area contributed by atoms with Crippen molar-refractivity contribution in [1.82, 2.24) is 10.1 Å². The molecule has 0 saturated carbocycles. The van der Waals surface area contributed by atoms with Crippen LogP contribution in [0.3, 0.4) is 0 Å². The number of hydrogen-bond acceptors (Lipinski definition) is 4. The molecular formula is C17H21N3O2. The van der Waals surface area contributed by atoms with E-state index in [0.717, 1.165) is 36.5 Å². The first-order valence-corrected chi connectivity index (χ1v) is 7.64. The Balaban J connectivity index is 1.68. The van der Waals surface area contributed by atoms with Crippen LogP contribution in [-0.4, -0.2) is 36.1 Å². The number of benzene rings is 1. The van der Waals surface area contributed by atoms with Crippen molar-refractivity contribution in [2.75, 3.05) is 25.0 Å². The Morgan fingerprint density at radius 3 is 2.86 bits per heavy atom. The molecule has 2 heterocycles. The van der Waals surface area contributed by atoms with Gasteiger partial charge in [-0.1, -0.05) is 23.4 Å². The fraction of sp³-hybridized carbons (Fsp3) is 0.412. The molecule has 0 bridgehead atoms. The van der Waals surface area contributed by atoms with Crippen LogP contribution in [0, 0.1) is 6.92 Å². The SMILES string of the molecule is Cc1cc([C@H]2CCCN2CC(=O)N(C)c2ccccc2)on1. The average molecular weight is 299 g/mol. The zero-order valence-corrected chi connectivity index (χ0v) is 13.0. The lowest BCUT2D eigenvalue weighted by molar-refractivity contribution is -0.119. The van der Waals surface area contributed by atoms with Gasteiger partial charge in [-0.05, 0) is 38.4 Å². The summed E-state index contributed by atoms with van der Waals surface area (Å²) in [6.45, 7) is 3.23. The summed E-state index contributed by atoms with van der Waals surface area (Å²) in [6, 6.07) is 11.8. The third-order valence-electron chi connectivity index (χ3n) is 4.19. The minimum Gasteiger partial charge on any atom is -0.359 e. The monoisotopic (exact) mass is 299 g/mol. The first-order valence-electron chi connectivity index (χ1n) is 7.64. The summed E-state index contributed by atoms with van der Waals surface area (Å²) in [5, 5.41) is 3.96. The van der Waals surface area contributed by atoms with Crippen LogP contribution in [0.4, 0.5) is 5.69 Å². The van der Waals surface area contributed by atoms with Gasteiger partial charge >= 0.3 is 0 Å². The highest BCUT2D eigenvalue weighted by atomic mass is 16.5. The fourth-order valence-corrected chi connectivity index (χ4v) is 2.95. The van der Waals surface area contributed by atoms with Gasteiger partial charge in [0.2, 0.25) is 5.91 Å². The van der Waals surface area contributed by atoms with E-state index in [1.807, 2.05) is 50.4 Å². The Labute approximate surface area is 130 Å². The summed E-state index contributed by atoms with van der Waals surface area (Å²) < 4.78 is 5.39. The van der Waals surface area contributed by atoms with Crippen LogP contribution in [0.5, 0.6) is 0 Å². The van der Waals surface area contributed by atoms with Gasteiger partial charge in [0, 0.05) is 18.8 Å². The van der Waals surface area contributed by atoms with Crippen molar-refractivity contribution in [3.63, 3.8) is 0 Å². The van der Waals surface area contributed by atoms with Gasteiger partial charge in [0.25, 0.3) is 0 Å². The standard InChI is InChI=1S/C17H21N3O2/c1-13-11-16(22-18-13)15-9-6-10-20(15)12-17(21)19(2)14-7-4-3-5-8-14/h3-5,7-8,11,15H,6,9-10,12H2,1-2H3/t15-/m1/s1. The number of aromatic nitrogens is 1. The Morgan fingerprint density at radius 2 is 2.18 bits per heavy atom. The van der Waals surface area contributed by atoms with Crippen LogP contribution < -0.4 is 4.90 Å². The van der Waals surface area contributed by atoms with Crippen molar-refractivity contribution < 1.29 is 9.32 Å². The number of amides is 1. The van der Waals surface area contributed by atoms with Crippen LogP contribution in [0.2, 0.25) is 0 Å². The van der Waals surface area contributed by atoms with Gasteiger partial charge in [0.1, 0.15) is 0 Å². The normalized spacial score (nSPS) is 18.5. The van der Waals surface area contributed by atoms with Crippen molar-refractivity contribution in [2.24, 2.45) is 0 Å². The lowest BCUT2D eigenvalue weighted by Gasteiger charge is -2.25. The van der Waals surface area contributed by atoms with Gasteiger partial charge in [-0.25, -0.2) is 0 Å². The molecule has 1 saturated heterocycles. The van der Waals surface area contributed by atoms with Gasteiger partial charge < -0.3 is 9.42 Å². The van der Waals surface area contributed by atoms with Crippen LogP contribution in [0.15, 0.2) is 40.9 Å². The maximum Gasteiger partial charge on any atom is 0.240 e. The number of hydrogen-bond donors (Lipinski definition) is 0. The average Bonchev–Trinajstić information content (AvgIpc) is 3.16. The molecule has 2 aromatic rings. The molecule has 1 atom stereocenters. The number of rotatable bonds is 4. The molecule has 0 N–H and O–H groups in total. The van der Waals surface area contributed by atoms with Gasteiger partial charge in [-0.2, -0.15) is 0 Å². The Hall–Kier alpha value is -2.14. The van der Waals surface area contributed by atoms with E-state index in [9.17, 15) is 4.79 Å². The van der Waals surface area contributed by atoms with Crippen molar-refractivity contribution in [2.45, 2.75) is 25.8 Å². The van der Waals surface area contributed by atoms with Crippen LogP contribution in [-0.2, 0) is 4.79 Å². The van der Waals surface area contributed by atoms with E-state index in [4.69, 9.17) is 4.52 Å². The number of nitrogens with zero attached hydrogens (tertiary/aromatic N) is 3. The van der Waals surface area contributed by atoms with Crippen LogP contribution in [0.25, 0.3) is 0 Å². The van der Waals surface area contributed by atoms with Crippen LogP contribution >= 0.6 is 0 Å². The molecule has 1 aromatic carbocycles. The Bertz CT molecular complexity index is 638. The molecule has 116 valence electrons. The van der Waals surface area contributed by atoms with Gasteiger partial charge in [-0.15, -0.1) is 0 Å². The van der Waals surface area contributed by atoms with E-state index in [1.54, 1.807) is 4.90 Å². The smallest absolute Gasteiger partial charge is 0.240 e. The minimum atomic E-state index is 0.0920. The Kier molecular flexibility index (Phi) is 4.24. The van der Waals surface area contributed by atoms with Crippen molar-refractivity contribution in [3.05, 3.63) is 47.9 Å². The molecule has 1 aromatic heterocycles. The molecule has 1 fully saturated rings. The molecule has 1 aliphatic heterocycles. The highest BCUT2D eigenvalue weighted by Gasteiger charge is 2.31. The van der Waals surface area contributed by atoms with E-state index in [2.05, 4.69) is 10.1 Å². The van der Waals surface area contributed by atoms with E-state index < -0.39 is 0 Å². The third kappa shape index (κ3) is 3.04. The van der Waals surface area contributed by atoms with E-state index in [-0.39, 0.29) is 11.9 Å². The summed E-state index contributed by atoms with van der Waals surface area (Å²) >= 11 is 0. The number of likely N-dealkylation sites (N-methyl/N-ethyl adjacent to an activating group) is 1. The second kappa shape index (κ2) is 6.32. The second-order valence-corrected chi connectivity index (χ2v) is 5.79. The van der Waals surface area contributed by atoms with Gasteiger partial charge in [0.15, 0.2) is 5.76 Å². The molecule has 1 aliphatic rings. The van der Waals surface area contributed by atoms with Crippen molar-refractivity contribution in [1.29, 1.82) is 0 Å². The number of aryl methyl sites for hydroxylation is 1. The molecular weight excluding hydrogens is 278 g/mol. The minimum absolute atomic E-state index is 0.0920. The fourth-order valence-electron chi connectivity index (χ4n) is 2.95. The number of likely N-dealkylation sites (tertiary alicyclic amines) is 1.